The zero-order valence-corrected chi connectivity index (χ0v) is 11.3. The van der Waals surface area contributed by atoms with E-state index in [1.165, 1.54) is 0 Å². The van der Waals surface area contributed by atoms with Crippen LogP contribution in [0, 0.1) is 0 Å². The molecule has 0 atom stereocenters. The number of pyridine rings is 1. The first-order valence-corrected chi connectivity index (χ1v) is 6.34. The molecule has 0 saturated carbocycles. The van der Waals surface area contributed by atoms with Crippen molar-refractivity contribution in [3.63, 3.8) is 0 Å². The Morgan fingerprint density at radius 1 is 1.00 bits per heavy atom. The van der Waals surface area contributed by atoms with E-state index in [9.17, 15) is 0 Å². The summed E-state index contributed by atoms with van der Waals surface area (Å²) in [5.74, 6) is 1.29. The molecule has 1 aromatic carbocycles. The van der Waals surface area contributed by atoms with Crippen molar-refractivity contribution in [3.8, 4) is 23.0 Å². The lowest BCUT2D eigenvalue weighted by Gasteiger charge is -1.95. The van der Waals surface area contributed by atoms with Gasteiger partial charge in [-0.3, -0.25) is 0 Å². The van der Waals surface area contributed by atoms with Gasteiger partial charge in [0, 0.05) is 10.0 Å². The third kappa shape index (κ3) is 2.48. The van der Waals surface area contributed by atoms with E-state index in [2.05, 4.69) is 31.1 Å². The topological polar surface area (TPSA) is 77.8 Å². The van der Waals surface area contributed by atoms with Crippen LogP contribution in [0.2, 0.25) is 0 Å². The fourth-order valence-electron chi connectivity index (χ4n) is 1.61. The second kappa shape index (κ2) is 4.81. The Labute approximate surface area is 117 Å². The molecular formula is C13H9BrN4O. The molecular weight excluding hydrogens is 308 g/mol. The van der Waals surface area contributed by atoms with Crippen LogP contribution >= 0.6 is 15.9 Å². The molecule has 2 heterocycles. The van der Waals surface area contributed by atoms with Gasteiger partial charge in [-0.25, -0.2) is 4.98 Å². The second-order valence-corrected chi connectivity index (χ2v) is 4.79. The van der Waals surface area contributed by atoms with Crippen LogP contribution in [0.5, 0.6) is 0 Å². The van der Waals surface area contributed by atoms with E-state index in [0.29, 0.717) is 23.2 Å². The molecule has 2 aromatic heterocycles. The zero-order chi connectivity index (χ0) is 13.2. The minimum absolute atomic E-state index is 0.352. The van der Waals surface area contributed by atoms with Gasteiger partial charge in [-0.1, -0.05) is 27.2 Å². The Morgan fingerprint density at radius 3 is 2.53 bits per heavy atom. The van der Waals surface area contributed by atoms with Crippen molar-refractivity contribution in [2.45, 2.75) is 0 Å². The quantitative estimate of drug-likeness (QED) is 0.785. The molecule has 3 aromatic rings. The number of halogens is 1. The molecule has 2 N–H and O–H groups in total. The van der Waals surface area contributed by atoms with Crippen molar-refractivity contribution < 1.29 is 4.52 Å². The average molecular weight is 317 g/mol. The standard InChI is InChI=1S/C13H9BrN4O/c14-9-6-4-8(5-7-9)12-17-13(19-18-12)10-2-1-3-11(15)16-10/h1-7H,(H2,15,16). The molecule has 0 fully saturated rings. The Kier molecular flexibility index (Phi) is 3.00. The molecule has 0 spiro atoms. The van der Waals surface area contributed by atoms with Crippen LogP contribution in [0.4, 0.5) is 5.82 Å². The Bertz CT molecular complexity index is 709. The molecule has 6 heteroatoms. The van der Waals surface area contributed by atoms with E-state index in [1.54, 1.807) is 18.2 Å². The van der Waals surface area contributed by atoms with Crippen molar-refractivity contribution in [3.05, 3.63) is 46.9 Å². The largest absolute Gasteiger partial charge is 0.384 e. The van der Waals surface area contributed by atoms with Crippen LogP contribution < -0.4 is 5.73 Å². The number of hydrogen-bond acceptors (Lipinski definition) is 5. The highest BCUT2D eigenvalue weighted by molar-refractivity contribution is 9.10. The number of nitrogens with two attached hydrogens (primary N) is 1. The van der Waals surface area contributed by atoms with E-state index in [4.69, 9.17) is 10.3 Å². The first-order valence-electron chi connectivity index (χ1n) is 5.55. The summed E-state index contributed by atoms with van der Waals surface area (Å²) < 4.78 is 6.20. The van der Waals surface area contributed by atoms with Crippen LogP contribution in [0.25, 0.3) is 23.0 Å². The van der Waals surface area contributed by atoms with Gasteiger partial charge in [-0.2, -0.15) is 4.98 Å². The predicted molar refractivity (Wildman–Crippen MR) is 75.1 cm³/mol. The summed E-state index contributed by atoms with van der Waals surface area (Å²) in [4.78, 5) is 8.45. The molecule has 3 rings (SSSR count). The van der Waals surface area contributed by atoms with Crippen LogP contribution in [0.3, 0.4) is 0 Å². The highest BCUT2D eigenvalue weighted by Gasteiger charge is 2.11. The third-order valence-corrected chi connectivity index (χ3v) is 3.05. The van der Waals surface area contributed by atoms with Crippen LogP contribution in [0.15, 0.2) is 51.5 Å². The first kappa shape index (κ1) is 11.9. The zero-order valence-electron chi connectivity index (χ0n) is 9.75. The Balaban J connectivity index is 1.97. The molecule has 0 radical (unpaired) electrons. The number of benzene rings is 1. The summed E-state index contributed by atoms with van der Waals surface area (Å²) in [6.07, 6.45) is 0. The van der Waals surface area contributed by atoms with Gasteiger partial charge in [0.25, 0.3) is 5.89 Å². The Morgan fingerprint density at radius 2 is 1.79 bits per heavy atom. The minimum Gasteiger partial charge on any atom is -0.384 e. The second-order valence-electron chi connectivity index (χ2n) is 3.88. The Hall–Kier alpha value is -2.21. The molecule has 0 unspecified atom stereocenters. The third-order valence-electron chi connectivity index (χ3n) is 2.52. The summed E-state index contributed by atoms with van der Waals surface area (Å²) in [7, 11) is 0. The van der Waals surface area contributed by atoms with E-state index in [-0.39, 0.29) is 0 Å². The lowest BCUT2D eigenvalue weighted by molar-refractivity contribution is 0.431. The summed E-state index contributed by atoms with van der Waals surface area (Å²) >= 11 is 3.38. The number of nitrogens with zero attached hydrogens (tertiary/aromatic N) is 3. The van der Waals surface area contributed by atoms with Gasteiger partial charge >= 0.3 is 0 Å². The minimum atomic E-state index is 0.352. The van der Waals surface area contributed by atoms with E-state index >= 15 is 0 Å². The van der Waals surface area contributed by atoms with Crippen LogP contribution in [-0.4, -0.2) is 15.1 Å². The highest BCUT2D eigenvalue weighted by atomic mass is 79.9. The fourth-order valence-corrected chi connectivity index (χ4v) is 1.88. The monoisotopic (exact) mass is 316 g/mol. The van der Waals surface area contributed by atoms with Crippen LogP contribution in [-0.2, 0) is 0 Å². The molecule has 94 valence electrons. The van der Waals surface area contributed by atoms with Crippen LogP contribution in [0.1, 0.15) is 0 Å². The number of aromatic nitrogens is 3. The molecule has 19 heavy (non-hydrogen) atoms. The molecule has 5 nitrogen and oxygen atoms in total. The maximum absolute atomic E-state index is 5.62. The van der Waals surface area contributed by atoms with Crippen molar-refractivity contribution in [2.75, 3.05) is 5.73 Å². The fraction of sp³-hybridized carbons (Fsp3) is 0. The summed E-state index contributed by atoms with van der Waals surface area (Å²) in [5, 5.41) is 3.94. The molecule has 0 aliphatic heterocycles. The summed E-state index contributed by atoms with van der Waals surface area (Å²) in [6, 6.07) is 12.9. The van der Waals surface area contributed by atoms with E-state index in [0.717, 1.165) is 10.0 Å². The lowest BCUT2D eigenvalue weighted by atomic mass is 10.2. The van der Waals surface area contributed by atoms with E-state index in [1.807, 2.05) is 24.3 Å². The number of anilines is 1. The molecule has 0 amide bonds. The summed E-state index contributed by atoms with van der Waals surface area (Å²) in [6.45, 7) is 0. The molecule has 0 bridgehead atoms. The highest BCUT2D eigenvalue weighted by Crippen LogP contribution is 2.22. The summed E-state index contributed by atoms with van der Waals surface area (Å²) in [5.41, 5.74) is 7.07. The van der Waals surface area contributed by atoms with Gasteiger partial charge in [0.1, 0.15) is 11.5 Å². The van der Waals surface area contributed by atoms with Crippen molar-refractivity contribution >= 4 is 21.7 Å². The van der Waals surface area contributed by atoms with Gasteiger partial charge < -0.3 is 10.3 Å². The maximum Gasteiger partial charge on any atom is 0.276 e. The maximum atomic E-state index is 5.62. The number of hydrogen-bond donors (Lipinski definition) is 1. The van der Waals surface area contributed by atoms with Gasteiger partial charge in [-0.15, -0.1) is 0 Å². The first-order chi connectivity index (χ1) is 9.22. The smallest absolute Gasteiger partial charge is 0.276 e. The van der Waals surface area contributed by atoms with Gasteiger partial charge in [0.15, 0.2) is 0 Å². The van der Waals surface area contributed by atoms with Crippen molar-refractivity contribution in [2.24, 2.45) is 0 Å². The van der Waals surface area contributed by atoms with Crippen molar-refractivity contribution in [1.29, 1.82) is 0 Å². The number of rotatable bonds is 2. The van der Waals surface area contributed by atoms with Gasteiger partial charge in [-0.05, 0) is 36.4 Å². The normalized spacial score (nSPS) is 10.6. The van der Waals surface area contributed by atoms with Gasteiger partial charge in [0.05, 0.1) is 0 Å². The molecule has 0 aliphatic rings. The average Bonchev–Trinajstić information content (AvgIpc) is 2.89. The molecule has 0 aliphatic carbocycles. The number of nitrogen functional groups attached to an aromatic ring is 1. The van der Waals surface area contributed by atoms with E-state index < -0.39 is 0 Å². The van der Waals surface area contributed by atoms with Gasteiger partial charge in [0.2, 0.25) is 5.82 Å². The SMILES string of the molecule is Nc1cccc(-c2nc(-c3ccc(Br)cc3)no2)n1. The van der Waals surface area contributed by atoms with Crippen molar-refractivity contribution in [1.82, 2.24) is 15.1 Å². The predicted octanol–water partition coefficient (Wildman–Crippen LogP) is 3.14. The lowest BCUT2D eigenvalue weighted by Crippen LogP contribution is -1.91. The molecule has 0 saturated heterocycles.